The van der Waals surface area contributed by atoms with Crippen molar-refractivity contribution in [2.24, 2.45) is 11.5 Å². The minimum absolute atomic E-state index is 0.260. The molecule has 0 aliphatic rings. The number of hydrogen-bond acceptors (Lipinski definition) is 4. The third kappa shape index (κ3) is 4.56. The van der Waals surface area contributed by atoms with Crippen LogP contribution in [0, 0.1) is 0 Å². The zero-order valence-corrected chi connectivity index (χ0v) is 14.6. The maximum Gasteiger partial charge on any atom is 0.317 e. The van der Waals surface area contributed by atoms with Gasteiger partial charge in [0.15, 0.2) is 0 Å². The van der Waals surface area contributed by atoms with E-state index in [1.807, 2.05) is 24.3 Å². The van der Waals surface area contributed by atoms with Crippen LogP contribution in [0.2, 0.25) is 0 Å². The predicted molar refractivity (Wildman–Crippen MR) is 98.1 cm³/mol. The number of urea groups is 1. The summed E-state index contributed by atoms with van der Waals surface area (Å²) in [6.07, 6.45) is 1.08. The van der Waals surface area contributed by atoms with Gasteiger partial charge in [-0.1, -0.05) is 31.2 Å². The van der Waals surface area contributed by atoms with Gasteiger partial charge in [0.05, 0.1) is 5.56 Å². The van der Waals surface area contributed by atoms with Crippen molar-refractivity contribution in [2.45, 2.75) is 32.9 Å². The van der Waals surface area contributed by atoms with Crippen molar-refractivity contribution in [1.82, 2.24) is 5.32 Å². The van der Waals surface area contributed by atoms with Crippen molar-refractivity contribution in [2.75, 3.05) is 5.32 Å². The van der Waals surface area contributed by atoms with Gasteiger partial charge in [0.25, 0.3) is 5.91 Å². The molecule has 0 bridgehead atoms. The van der Waals surface area contributed by atoms with Gasteiger partial charge in [-0.3, -0.25) is 10.1 Å². The van der Waals surface area contributed by atoms with E-state index in [0.29, 0.717) is 11.0 Å². The third-order valence-corrected chi connectivity index (χ3v) is 4.84. The zero-order chi connectivity index (χ0) is 17.7. The molecule has 0 radical (unpaired) electrons. The van der Waals surface area contributed by atoms with Gasteiger partial charge >= 0.3 is 6.03 Å². The Morgan fingerprint density at radius 2 is 1.88 bits per heavy atom. The van der Waals surface area contributed by atoms with Crippen LogP contribution in [-0.2, 0) is 6.54 Å². The normalized spacial score (nSPS) is 11.9. The van der Waals surface area contributed by atoms with Crippen LogP contribution in [0.4, 0.5) is 9.80 Å². The Morgan fingerprint density at radius 3 is 2.42 bits per heavy atom. The highest BCUT2D eigenvalue weighted by Gasteiger charge is 2.16. The molecule has 0 saturated carbocycles. The number of nitrogens with two attached hydrogens (primary N) is 2. The molecule has 3 amide bonds. The van der Waals surface area contributed by atoms with E-state index < -0.39 is 11.9 Å². The minimum atomic E-state index is -0.725. The lowest BCUT2D eigenvalue weighted by Gasteiger charge is -2.11. The molecule has 0 saturated heterocycles. The summed E-state index contributed by atoms with van der Waals surface area (Å²) in [5.41, 5.74) is 12.9. The van der Waals surface area contributed by atoms with Crippen LogP contribution in [-0.4, -0.2) is 18.0 Å². The summed E-state index contributed by atoms with van der Waals surface area (Å²) < 4.78 is 0. The molecular formula is C17H22N4O2S. The van der Waals surface area contributed by atoms with Crippen molar-refractivity contribution < 1.29 is 9.59 Å². The summed E-state index contributed by atoms with van der Waals surface area (Å²) in [5.74, 6) is -0.601. The van der Waals surface area contributed by atoms with Gasteiger partial charge in [0.1, 0.15) is 5.00 Å². The predicted octanol–water partition coefficient (Wildman–Crippen LogP) is 2.89. The summed E-state index contributed by atoms with van der Waals surface area (Å²) in [7, 11) is 0. The first-order valence-electron chi connectivity index (χ1n) is 7.73. The molecule has 1 atom stereocenters. The van der Waals surface area contributed by atoms with Crippen molar-refractivity contribution in [3.8, 4) is 10.4 Å². The Balaban J connectivity index is 2.19. The number of nitrogens with one attached hydrogen (secondary N) is 2. The first-order valence-corrected chi connectivity index (χ1v) is 8.55. The topological polar surface area (TPSA) is 110 Å². The average Bonchev–Trinajstić information content (AvgIpc) is 2.96. The zero-order valence-electron chi connectivity index (χ0n) is 13.8. The van der Waals surface area contributed by atoms with Gasteiger partial charge < -0.3 is 16.8 Å². The van der Waals surface area contributed by atoms with E-state index in [9.17, 15) is 9.59 Å². The highest BCUT2D eigenvalue weighted by atomic mass is 32.1. The van der Waals surface area contributed by atoms with Gasteiger partial charge in [-0.2, -0.15) is 0 Å². The monoisotopic (exact) mass is 346 g/mol. The third-order valence-electron chi connectivity index (χ3n) is 3.74. The molecule has 128 valence electrons. The molecule has 0 fully saturated rings. The second-order valence-electron chi connectivity index (χ2n) is 5.59. The van der Waals surface area contributed by atoms with Crippen LogP contribution in [0.3, 0.4) is 0 Å². The Kier molecular flexibility index (Phi) is 5.94. The molecule has 1 heterocycles. The summed E-state index contributed by atoms with van der Waals surface area (Å²) in [6, 6.07) is 9.46. The van der Waals surface area contributed by atoms with Crippen molar-refractivity contribution in [3.05, 3.63) is 41.5 Å². The van der Waals surface area contributed by atoms with Crippen LogP contribution in [0.15, 0.2) is 30.3 Å². The van der Waals surface area contributed by atoms with Crippen LogP contribution in [0.5, 0.6) is 0 Å². The average molecular weight is 346 g/mol. The Bertz CT molecular complexity index is 725. The van der Waals surface area contributed by atoms with Crippen molar-refractivity contribution >= 4 is 28.3 Å². The molecular weight excluding hydrogens is 324 g/mol. The quantitative estimate of drug-likeness (QED) is 0.618. The fraction of sp³-hybridized carbons (Fsp3) is 0.294. The number of anilines is 1. The smallest absolute Gasteiger partial charge is 0.317 e. The fourth-order valence-corrected chi connectivity index (χ4v) is 3.22. The SMILES string of the molecule is CCC(C)NCc1ccc(-c2cc(C(N)=O)c(NC(N)=O)s2)cc1. The number of primary amides is 2. The van der Waals surface area contributed by atoms with Crippen LogP contribution < -0.4 is 22.1 Å². The fourth-order valence-electron chi connectivity index (χ4n) is 2.14. The highest BCUT2D eigenvalue weighted by Crippen LogP contribution is 2.35. The summed E-state index contributed by atoms with van der Waals surface area (Å²) >= 11 is 1.27. The number of hydrogen-bond donors (Lipinski definition) is 4. The van der Waals surface area contributed by atoms with Crippen molar-refractivity contribution in [3.63, 3.8) is 0 Å². The number of carbonyl (C=O) groups excluding carboxylic acids is 2. The van der Waals surface area contributed by atoms with E-state index in [4.69, 9.17) is 11.5 Å². The summed E-state index contributed by atoms with van der Waals surface area (Å²) in [6.45, 7) is 5.10. The lowest BCUT2D eigenvalue weighted by molar-refractivity contribution is 0.100. The summed E-state index contributed by atoms with van der Waals surface area (Å²) in [5, 5.41) is 6.25. The van der Waals surface area contributed by atoms with Gasteiger partial charge in [0.2, 0.25) is 0 Å². The van der Waals surface area contributed by atoms with E-state index in [2.05, 4.69) is 24.5 Å². The molecule has 1 aromatic carbocycles. The standard InChI is InChI=1S/C17H22N4O2S/c1-3-10(2)20-9-11-4-6-12(7-5-11)14-8-13(15(18)22)16(24-14)21-17(19)23/h4-8,10,20H,3,9H2,1-2H3,(H2,18,22)(H3,19,21,23). The molecule has 2 rings (SSSR count). The van der Waals surface area contributed by atoms with Gasteiger partial charge in [-0.25, -0.2) is 4.79 Å². The minimum Gasteiger partial charge on any atom is -0.366 e. The molecule has 0 spiro atoms. The number of amides is 3. The maximum absolute atomic E-state index is 11.5. The van der Waals surface area contributed by atoms with Crippen LogP contribution >= 0.6 is 11.3 Å². The number of carbonyl (C=O) groups is 2. The van der Waals surface area contributed by atoms with Gasteiger partial charge in [0, 0.05) is 17.5 Å². The van der Waals surface area contributed by atoms with E-state index >= 15 is 0 Å². The van der Waals surface area contributed by atoms with Gasteiger partial charge in [-0.05, 0) is 30.5 Å². The van der Waals surface area contributed by atoms with Crippen molar-refractivity contribution in [1.29, 1.82) is 0 Å². The number of rotatable bonds is 7. The molecule has 6 nitrogen and oxygen atoms in total. The molecule has 1 aromatic heterocycles. The Morgan fingerprint density at radius 1 is 1.21 bits per heavy atom. The lowest BCUT2D eigenvalue weighted by Crippen LogP contribution is -2.24. The second kappa shape index (κ2) is 7.94. The maximum atomic E-state index is 11.5. The van der Waals surface area contributed by atoms with Crippen LogP contribution in [0.25, 0.3) is 10.4 Å². The molecule has 2 aromatic rings. The Labute approximate surface area is 145 Å². The lowest BCUT2D eigenvalue weighted by atomic mass is 10.1. The van der Waals surface area contributed by atoms with E-state index in [-0.39, 0.29) is 5.56 Å². The largest absolute Gasteiger partial charge is 0.366 e. The number of benzene rings is 1. The van der Waals surface area contributed by atoms with Crippen LogP contribution in [0.1, 0.15) is 36.2 Å². The molecule has 6 N–H and O–H groups in total. The van der Waals surface area contributed by atoms with Gasteiger partial charge in [-0.15, -0.1) is 11.3 Å². The second-order valence-corrected chi connectivity index (χ2v) is 6.65. The molecule has 1 unspecified atom stereocenters. The highest BCUT2D eigenvalue weighted by molar-refractivity contribution is 7.20. The summed E-state index contributed by atoms with van der Waals surface area (Å²) in [4.78, 5) is 23.4. The van der Waals surface area contributed by atoms with E-state index in [1.165, 1.54) is 16.9 Å². The van der Waals surface area contributed by atoms with E-state index in [1.54, 1.807) is 6.07 Å². The Hall–Kier alpha value is -2.38. The molecule has 24 heavy (non-hydrogen) atoms. The number of thiophene rings is 1. The first kappa shape index (κ1) is 18.0. The molecule has 7 heteroatoms. The first-order chi connectivity index (χ1) is 11.4. The van der Waals surface area contributed by atoms with E-state index in [0.717, 1.165) is 23.4 Å². The molecule has 0 aliphatic heterocycles. The molecule has 0 aliphatic carbocycles.